The first kappa shape index (κ1) is 16.8. The van der Waals surface area contributed by atoms with Crippen molar-refractivity contribution < 1.29 is 9.53 Å². The molecule has 0 radical (unpaired) electrons. The van der Waals surface area contributed by atoms with Crippen LogP contribution in [-0.4, -0.2) is 19.1 Å². The zero-order valence-electron chi connectivity index (χ0n) is 12.3. The first-order valence-corrected chi connectivity index (χ1v) is 7.28. The molecule has 5 heteroatoms. The lowest BCUT2D eigenvalue weighted by Crippen LogP contribution is -2.39. The van der Waals surface area contributed by atoms with Gasteiger partial charge in [0.15, 0.2) is 0 Å². The van der Waals surface area contributed by atoms with E-state index in [9.17, 15) is 4.79 Å². The molecule has 0 saturated carbocycles. The zero-order chi connectivity index (χ0) is 15.2. The number of amides is 1. The highest BCUT2D eigenvalue weighted by atomic mass is 35.5. The number of anilines is 1. The van der Waals surface area contributed by atoms with Gasteiger partial charge in [0.05, 0.1) is 17.0 Å². The molecule has 0 aromatic heterocycles. The van der Waals surface area contributed by atoms with E-state index in [4.69, 9.17) is 22.1 Å². The van der Waals surface area contributed by atoms with Crippen molar-refractivity contribution in [1.29, 1.82) is 0 Å². The first-order valence-electron chi connectivity index (χ1n) is 6.90. The van der Waals surface area contributed by atoms with Gasteiger partial charge in [-0.15, -0.1) is 0 Å². The highest BCUT2D eigenvalue weighted by Crippen LogP contribution is 2.29. The molecule has 0 heterocycles. The summed E-state index contributed by atoms with van der Waals surface area (Å²) in [7, 11) is 0. The Balaban J connectivity index is 2.79. The average Bonchev–Trinajstić information content (AvgIpc) is 2.45. The molecule has 0 saturated heterocycles. The van der Waals surface area contributed by atoms with Gasteiger partial charge in [-0.2, -0.15) is 0 Å². The fraction of sp³-hybridized carbons (Fsp3) is 0.533. The van der Waals surface area contributed by atoms with E-state index < -0.39 is 5.41 Å². The summed E-state index contributed by atoms with van der Waals surface area (Å²) in [5.74, 6) is 0.532. The number of halogens is 1. The van der Waals surface area contributed by atoms with E-state index in [2.05, 4.69) is 5.32 Å². The number of benzene rings is 1. The smallest absolute Gasteiger partial charge is 0.231 e. The molecule has 1 aromatic rings. The lowest BCUT2D eigenvalue weighted by Gasteiger charge is -2.25. The number of ether oxygens (including phenoxy) is 1. The quantitative estimate of drug-likeness (QED) is 0.810. The number of nitrogens with one attached hydrogen (secondary N) is 1. The molecule has 4 nitrogen and oxygen atoms in total. The van der Waals surface area contributed by atoms with Crippen molar-refractivity contribution in [2.75, 3.05) is 18.5 Å². The predicted octanol–water partition coefficient (Wildman–Crippen LogP) is 3.44. The largest absolute Gasteiger partial charge is 0.492 e. The summed E-state index contributed by atoms with van der Waals surface area (Å²) < 4.78 is 5.49. The van der Waals surface area contributed by atoms with Crippen LogP contribution in [0.25, 0.3) is 0 Å². The lowest BCUT2D eigenvalue weighted by molar-refractivity contribution is -0.124. The van der Waals surface area contributed by atoms with Crippen LogP contribution in [0.1, 0.15) is 33.6 Å². The molecule has 3 N–H and O–H groups in total. The molecular formula is C15H23ClN2O2. The Hall–Kier alpha value is -1.26. The lowest BCUT2D eigenvalue weighted by atomic mass is 9.86. The van der Waals surface area contributed by atoms with Crippen LogP contribution >= 0.6 is 11.6 Å². The Bertz CT molecular complexity index is 459. The van der Waals surface area contributed by atoms with Crippen molar-refractivity contribution in [2.24, 2.45) is 11.1 Å². The number of carbonyl (C=O) groups is 1. The van der Waals surface area contributed by atoms with Crippen LogP contribution in [0.4, 0.5) is 5.69 Å². The maximum Gasteiger partial charge on any atom is 0.231 e. The Kier molecular flexibility index (Phi) is 6.30. The van der Waals surface area contributed by atoms with Gasteiger partial charge < -0.3 is 15.8 Å². The van der Waals surface area contributed by atoms with Crippen molar-refractivity contribution in [3.05, 3.63) is 23.2 Å². The minimum absolute atomic E-state index is 0.0965. The van der Waals surface area contributed by atoms with E-state index in [0.717, 1.165) is 6.42 Å². The number of hydrogen-bond donors (Lipinski definition) is 2. The minimum Gasteiger partial charge on any atom is -0.492 e. The number of rotatable bonds is 7. The minimum atomic E-state index is -0.566. The van der Waals surface area contributed by atoms with Gasteiger partial charge in [-0.3, -0.25) is 4.79 Å². The Labute approximate surface area is 125 Å². The van der Waals surface area contributed by atoms with Crippen molar-refractivity contribution in [2.45, 2.75) is 33.6 Å². The standard InChI is InChI=1S/C15H23ClN2O2/c1-4-8-20-13-7-6-11(9-12(13)16)18-14(19)15(3,5-2)10-17/h6-7,9H,4-5,8,10,17H2,1-3H3,(H,18,19). The van der Waals surface area contributed by atoms with Gasteiger partial charge >= 0.3 is 0 Å². The van der Waals surface area contributed by atoms with E-state index in [1.54, 1.807) is 18.2 Å². The summed E-state index contributed by atoms with van der Waals surface area (Å²) in [5.41, 5.74) is 5.76. The van der Waals surface area contributed by atoms with Gasteiger partial charge in [0.2, 0.25) is 5.91 Å². The van der Waals surface area contributed by atoms with Crippen LogP contribution in [0, 0.1) is 5.41 Å². The van der Waals surface area contributed by atoms with Gasteiger partial charge in [-0.25, -0.2) is 0 Å². The summed E-state index contributed by atoms with van der Waals surface area (Å²) >= 11 is 6.13. The molecule has 0 spiro atoms. The van der Waals surface area contributed by atoms with E-state index in [-0.39, 0.29) is 5.91 Å². The highest BCUT2D eigenvalue weighted by Gasteiger charge is 2.29. The summed E-state index contributed by atoms with van der Waals surface area (Å²) in [4.78, 5) is 12.2. The van der Waals surface area contributed by atoms with Crippen LogP contribution < -0.4 is 15.8 Å². The maximum absolute atomic E-state index is 12.2. The first-order chi connectivity index (χ1) is 9.46. The number of hydrogen-bond acceptors (Lipinski definition) is 3. The molecule has 1 rings (SSSR count). The number of carbonyl (C=O) groups excluding carboxylic acids is 1. The number of nitrogens with two attached hydrogens (primary N) is 1. The van der Waals surface area contributed by atoms with Crippen molar-refractivity contribution >= 4 is 23.2 Å². The summed E-state index contributed by atoms with van der Waals surface area (Å²) in [6.07, 6.45) is 1.60. The van der Waals surface area contributed by atoms with Crippen LogP contribution in [0.5, 0.6) is 5.75 Å². The Morgan fingerprint density at radius 1 is 1.45 bits per heavy atom. The monoisotopic (exact) mass is 298 g/mol. The normalized spacial score (nSPS) is 13.7. The fourth-order valence-corrected chi connectivity index (χ4v) is 1.82. The van der Waals surface area contributed by atoms with Gasteiger partial charge in [-0.1, -0.05) is 25.4 Å². The molecule has 0 fully saturated rings. The Morgan fingerprint density at radius 2 is 2.15 bits per heavy atom. The van der Waals surface area contributed by atoms with Crippen molar-refractivity contribution in [3.8, 4) is 5.75 Å². The second-order valence-corrected chi connectivity index (χ2v) is 5.47. The van der Waals surface area contributed by atoms with Crippen LogP contribution in [0.15, 0.2) is 18.2 Å². The van der Waals surface area contributed by atoms with Gasteiger partial charge in [-0.05, 0) is 38.0 Å². The highest BCUT2D eigenvalue weighted by molar-refractivity contribution is 6.32. The van der Waals surface area contributed by atoms with E-state index in [1.165, 1.54) is 0 Å². The van der Waals surface area contributed by atoms with Crippen LogP contribution in [0.2, 0.25) is 5.02 Å². The summed E-state index contributed by atoms with van der Waals surface area (Å²) in [6.45, 7) is 6.75. The Morgan fingerprint density at radius 3 is 2.65 bits per heavy atom. The molecule has 0 aliphatic heterocycles. The summed E-state index contributed by atoms with van der Waals surface area (Å²) in [5, 5.41) is 3.34. The predicted molar refractivity (Wildman–Crippen MR) is 83.3 cm³/mol. The second-order valence-electron chi connectivity index (χ2n) is 5.07. The van der Waals surface area contributed by atoms with Crippen molar-refractivity contribution in [3.63, 3.8) is 0 Å². The third-order valence-electron chi connectivity index (χ3n) is 3.43. The van der Waals surface area contributed by atoms with Gasteiger partial charge in [0, 0.05) is 12.2 Å². The van der Waals surface area contributed by atoms with Crippen LogP contribution in [-0.2, 0) is 4.79 Å². The molecule has 112 valence electrons. The third-order valence-corrected chi connectivity index (χ3v) is 3.73. The fourth-order valence-electron chi connectivity index (χ4n) is 1.59. The molecule has 1 unspecified atom stereocenters. The topological polar surface area (TPSA) is 64.3 Å². The van der Waals surface area contributed by atoms with E-state index >= 15 is 0 Å². The maximum atomic E-state index is 12.2. The second kappa shape index (κ2) is 7.50. The molecule has 1 aromatic carbocycles. The van der Waals surface area contributed by atoms with Crippen LogP contribution in [0.3, 0.4) is 0 Å². The summed E-state index contributed by atoms with van der Waals surface area (Å²) in [6, 6.07) is 5.23. The van der Waals surface area contributed by atoms with E-state index in [0.29, 0.717) is 36.0 Å². The average molecular weight is 299 g/mol. The molecule has 0 aliphatic carbocycles. The third kappa shape index (κ3) is 4.12. The van der Waals surface area contributed by atoms with Gasteiger partial charge in [0.25, 0.3) is 0 Å². The van der Waals surface area contributed by atoms with E-state index in [1.807, 2.05) is 20.8 Å². The van der Waals surface area contributed by atoms with Crippen molar-refractivity contribution in [1.82, 2.24) is 0 Å². The molecule has 20 heavy (non-hydrogen) atoms. The molecule has 1 amide bonds. The zero-order valence-corrected chi connectivity index (χ0v) is 13.1. The molecular weight excluding hydrogens is 276 g/mol. The SMILES string of the molecule is CCCOc1ccc(NC(=O)C(C)(CC)CN)cc1Cl. The molecule has 0 bridgehead atoms. The molecule has 0 aliphatic rings. The van der Waals surface area contributed by atoms with Gasteiger partial charge in [0.1, 0.15) is 5.75 Å². The molecule has 1 atom stereocenters.